The summed E-state index contributed by atoms with van der Waals surface area (Å²) >= 11 is 0. The highest BCUT2D eigenvalue weighted by atomic mass is 16.3. The van der Waals surface area contributed by atoms with Crippen LogP contribution in [0.5, 0.6) is 0 Å². The van der Waals surface area contributed by atoms with Gasteiger partial charge in [0.15, 0.2) is 23.1 Å². The molecule has 0 saturated carbocycles. The molecule has 9 aromatic rings. The standard InChI is InChI=1S/C54H43N5O/c1-5-19-36(6-2)58-43-30-16-14-28-41(43)54(3,4)48-45(58)33-32-44-47(48)39-24-13-15-29-42(39)59(44)46-31-18-26-38-37-25-17-27-40(49(37)60-50(38)46)53-56-51(34-20-9-7-10-21-34)55-52(57-53)35-22-11-8-12-23-35/h5-11,13-22,24-33H,12,23H2,1-4H3. The van der Waals surface area contributed by atoms with Crippen LogP contribution in [-0.2, 0) is 5.41 Å². The van der Waals surface area contributed by atoms with Crippen molar-refractivity contribution >= 4 is 60.7 Å². The second-order valence-corrected chi connectivity index (χ2v) is 16.2. The Bertz CT molecular complexity index is 3320. The van der Waals surface area contributed by atoms with Gasteiger partial charge in [-0.2, -0.15) is 0 Å². The number of rotatable bonds is 6. The van der Waals surface area contributed by atoms with Crippen molar-refractivity contribution in [2.45, 2.75) is 46.0 Å². The van der Waals surface area contributed by atoms with Crippen molar-refractivity contribution in [1.82, 2.24) is 19.5 Å². The molecule has 0 radical (unpaired) electrons. The molecule has 1 aliphatic carbocycles. The van der Waals surface area contributed by atoms with Gasteiger partial charge in [0, 0.05) is 38.2 Å². The zero-order valence-electron chi connectivity index (χ0n) is 34.1. The molecule has 290 valence electrons. The number of para-hydroxylation sites is 4. The van der Waals surface area contributed by atoms with Crippen LogP contribution in [0.4, 0.5) is 11.4 Å². The Balaban J connectivity index is 1.16. The van der Waals surface area contributed by atoms with Crippen molar-refractivity contribution in [1.29, 1.82) is 0 Å². The summed E-state index contributed by atoms with van der Waals surface area (Å²) in [7, 11) is 0. The van der Waals surface area contributed by atoms with Crippen LogP contribution in [0.1, 0.15) is 57.5 Å². The predicted molar refractivity (Wildman–Crippen MR) is 248 cm³/mol. The molecule has 0 spiro atoms. The van der Waals surface area contributed by atoms with Crippen LogP contribution in [0, 0.1) is 0 Å². The normalized spacial score (nSPS) is 15.0. The van der Waals surface area contributed by atoms with E-state index >= 15 is 0 Å². The first kappa shape index (κ1) is 35.8. The van der Waals surface area contributed by atoms with Gasteiger partial charge in [-0.1, -0.05) is 135 Å². The van der Waals surface area contributed by atoms with E-state index in [-0.39, 0.29) is 5.41 Å². The minimum absolute atomic E-state index is 0.294. The number of hydrogen-bond donors (Lipinski definition) is 0. The maximum Gasteiger partial charge on any atom is 0.167 e. The van der Waals surface area contributed by atoms with Crippen molar-refractivity contribution in [2.75, 3.05) is 4.90 Å². The van der Waals surface area contributed by atoms with Crippen molar-refractivity contribution in [3.05, 3.63) is 186 Å². The zero-order valence-corrected chi connectivity index (χ0v) is 34.1. The summed E-state index contributed by atoms with van der Waals surface area (Å²) in [5, 5.41) is 4.50. The first-order valence-corrected chi connectivity index (χ1v) is 20.8. The fourth-order valence-corrected chi connectivity index (χ4v) is 9.64. The van der Waals surface area contributed by atoms with Crippen molar-refractivity contribution in [2.24, 2.45) is 0 Å². The molecule has 4 heterocycles. The fourth-order valence-electron chi connectivity index (χ4n) is 9.64. The summed E-state index contributed by atoms with van der Waals surface area (Å²) in [6.45, 7) is 8.95. The van der Waals surface area contributed by atoms with Crippen LogP contribution >= 0.6 is 0 Å². The second-order valence-electron chi connectivity index (χ2n) is 16.2. The number of aromatic nitrogens is 4. The summed E-state index contributed by atoms with van der Waals surface area (Å²) in [6.07, 6.45) is 14.8. The van der Waals surface area contributed by atoms with E-state index in [4.69, 9.17) is 19.4 Å². The highest BCUT2D eigenvalue weighted by Crippen LogP contribution is 2.54. The van der Waals surface area contributed by atoms with Gasteiger partial charge in [-0.3, -0.25) is 0 Å². The van der Waals surface area contributed by atoms with Crippen LogP contribution in [0.2, 0.25) is 0 Å². The molecule has 0 unspecified atom stereocenters. The van der Waals surface area contributed by atoms with Gasteiger partial charge in [-0.25, -0.2) is 15.0 Å². The van der Waals surface area contributed by atoms with Crippen LogP contribution in [0.15, 0.2) is 174 Å². The quantitative estimate of drug-likeness (QED) is 0.157. The van der Waals surface area contributed by atoms with Crippen LogP contribution in [0.25, 0.3) is 77.8 Å². The summed E-state index contributed by atoms with van der Waals surface area (Å²) in [5.74, 6) is 1.93. The molecular formula is C54H43N5O. The Labute approximate surface area is 349 Å². The number of furan rings is 1. The first-order valence-electron chi connectivity index (χ1n) is 20.8. The molecule has 0 N–H and O–H groups in total. The average molecular weight is 778 g/mol. The van der Waals surface area contributed by atoms with E-state index in [9.17, 15) is 0 Å². The minimum atomic E-state index is -0.294. The van der Waals surface area contributed by atoms with Crippen molar-refractivity contribution in [3.63, 3.8) is 0 Å². The largest absolute Gasteiger partial charge is 0.453 e. The average Bonchev–Trinajstić information content (AvgIpc) is 3.85. The van der Waals surface area contributed by atoms with Crippen LogP contribution < -0.4 is 4.90 Å². The molecule has 2 aliphatic rings. The van der Waals surface area contributed by atoms with Gasteiger partial charge >= 0.3 is 0 Å². The number of anilines is 2. The maximum atomic E-state index is 7.14. The maximum absolute atomic E-state index is 7.14. The van der Waals surface area contributed by atoms with Gasteiger partial charge in [0.1, 0.15) is 5.58 Å². The molecule has 0 saturated heterocycles. The van der Waals surface area contributed by atoms with Crippen LogP contribution in [-0.4, -0.2) is 19.5 Å². The number of benzene rings is 6. The van der Waals surface area contributed by atoms with E-state index in [1.54, 1.807) is 0 Å². The van der Waals surface area contributed by atoms with E-state index in [1.807, 2.05) is 30.3 Å². The molecular weight excluding hydrogens is 735 g/mol. The van der Waals surface area contributed by atoms with Gasteiger partial charge in [-0.15, -0.1) is 0 Å². The highest BCUT2D eigenvalue weighted by Gasteiger charge is 2.39. The number of allylic oxidation sites excluding steroid dienone is 7. The predicted octanol–water partition coefficient (Wildman–Crippen LogP) is 14.2. The first-order chi connectivity index (χ1) is 29.5. The van der Waals surface area contributed by atoms with Crippen molar-refractivity contribution in [3.8, 4) is 28.5 Å². The molecule has 0 amide bonds. The minimum Gasteiger partial charge on any atom is -0.453 e. The molecule has 6 nitrogen and oxygen atoms in total. The molecule has 11 rings (SSSR count). The van der Waals surface area contributed by atoms with E-state index in [0.717, 1.165) is 73.9 Å². The lowest BCUT2D eigenvalue weighted by Crippen LogP contribution is -2.32. The Hall–Kier alpha value is -7.31. The van der Waals surface area contributed by atoms with Gasteiger partial charge in [0.25, 0.3) is 0 Å². The molecule has 60 heavy (non-hydrogen) atoms. The molecule has 0 atom stereocenters. The zero-order chi connectivity index (χ0) is 40.5. The van der Waals surface area contributed by atoms with E-state index < -0.39 is 0 Å². The third kappa shape index (κ3) is 5.37. The van der Waals surface area contributed by atoms with Crippen LogP contribution in [0.3, 0.4) is 0 Å². The third-order valence-electron chi connectivity index (χ3n) is 12.3. The Kier molecular flexibility index (Phi) is 8.31. The highest BCUT2D eigenvalue weighted by molar-refractivity contribution is 6.16. The fraction of sp³-hybridized carbons (Fsp3) is 0.130. The van der Waals surface area contributed by atoms with E-state index in [0.29, 0.717) is 17.5 Å². The molecule has 6 aromatic carbocycles. The molecule has 1 aliphatic heterocycles. The molecule has 6 heteroatoms. The third-order valence-corrected chi connectivity index (χ3v) is 12.3. The van der Waals surface area contributed by atoms with Gasteiger partial charge in [-0.05, 0) is 85.9 Å². The smallest absolute Gasteiger partial charge is 0.167 e. The SMILES string of the molecule is CC=CC(=CC)N1c2ccccc2C(C)(C)c2c1ccc1c2c2ccccc2n1-c1cccc2c1oc1c(-c3nc(C4=CC=CCC4)nc(-c4ccccc4)n3)cccc12. The summed E-state index contributed by atoms with van der Waals surface area (Å²) in [4.78, 5) is 17.7. The molecule has 3 aromatic heterocycles. The van der Waals surface area contributed by atoms with E-state index in [2.05, 4.69) is 171 Å². The van der Waals surface area contributed by atoms with Gasteiger partial charge < -0.3 is 13.9 Å². The topological polar surface area (TPSA) is 60.0 Å². The number of hydrogen-bond acceptors (Lipinski definition) is 5. The molecule has 0 fully saturated rings. The summed E-state index contributed by atoms with van der Waals surface area (Å²) in [5.41, 5.74) is 13.5. The van der Waals surface area contributed by atoms with E-state index in [1.165, 1.54) is 33.3 Å². The molecule has 0 bridgehead atoms. The Morgan fingerprint density at radius 1 is 0.650 bits per heavy atom. The second kappa shape index (κ2) is 13.9. The lowest BCUT2D eigenvalue weighted by Gasteiger charge is -2.43. The lowest BCUT2D eigenvalue weighted by molar-refractivity contribution is 0.637. The monoisotopic (exact) mass is 777 g/mol. The summed E-state index contributed by atoms with van der Waals surface area (Å²) in [6, 6.07) is 45.2. The lowest BCUT2D eigenvalue weighted by atomic mass is 9.72. The van der Waals surface area contributed by atoms with Gasteiger partial charge in [0.2, 0.25) is 0 Å². The Morgan fingerprint density at radius 2 is 1.37 bits per heavy atom. The number of nitrogens with zero attached hydrogens (tertiary/aromatic N) is 5. The summed E-state index contributed by atoms with van der Waals surface area (Å²) < 4.78 is 9.54. The Morgan fingerprint density at radius 3 is 2.18 bits per heavy atom. The number of fused-ring (bicyclic) bond motifs is 9. The van der Waals surface area contributed by atoms with Gasteiger partial charge in [0.05, 0.1) is 33.7 Å². The van der Waals surface area contributed by atoms with Crippen molar-refractivity contribution < 1.29 is 4.42 Å².